The van der Waals surface area contributed by atoms with Crippen molar-refractivity contribution in [3.05, 3.63) is 35.5 Å². The lowest BCUT2D eigenvalue weighted by molar-refractivity contribution is 0.0524. The fourth-order valence-electron chi connectivity index (χ4n) is 1.86. The Bertz CT molecular complexity index is 633. The van der Waals surface area contributed by atoms with Gasteiger partial charge >= 0.3 is 6.09 Å². The molecule has 0 saturated carbocycles. The van der Waals surface area contributed by atoms with Crippen molar-refractivity contribution in [3.8, 4) is 0 Å². The van der Waals surface area contributed by atoms with Crippen molar-refractivity contribution >= 4 is 17.0 Å². The van der Waals surface area contributed by atoms with Crippen LogP contribution in [-0.4, -0.2) is 21.9 Å². The van der Waals surface area contributed by atoms with Gasteiger partial charge in [-0.3, -0.25) is 0 Å². The lowest BCUT2D eigenvalue weighted by atomic mass is 10.1. The van der Waals surface area contributed by atoms with Crippen LogP contribution >= 0.6 is 0 Å². The number of hydrogen-bond acceptors (Lipinski definition) is 4. The number of hydrogen-bond donors (Lipinski definition) is 1. The minimum atomic E-state index is -0.495. The highest BCUT2D eigenvalue weighted by Gasteiger charge is 2.16. The van der Waals surface area contributed by atoms with Gasteiger partial charge in [0.2, 0.25) is 0 Å². The molecule has 20 heavy (non-hydrogen) atoms. The molecular weight excluding hydrogens is 254 g/mol. The number of aryl methyl sites for hydroxylation is 1. The van der Waals surface area contributed by atoms with Gasteiger partial charge < -0.3 is 10.1 Å². The topological polar surface area (TPSA) is 64.1 Å². The molecule has 0 aliphatic rings. The highest BCUT2D eigenvalue weighted by Crippen LogP contribution is 2.17. The molecule has 1 aromatic heterocycles. The van der Waals surface area contributed by atoms with Gasteiger partial charge in [0.15, 0.2) is 0 Å². The Morgan fingerprint density at radius 3 is 2.75 bits per heavy atom. The van der Waals surface area contributed by atoms with E-state index in [2.05, 4.69) is 15.5 Å². The van der Waals surface area contributed by atoms with Gasteiger partial charge in [-0.2, -0.15) is 10.2 Å². The van der Waals surface area contributed by atoms with Crippen LogP contribution in [0.5, 0.6) is 0 Å². The molecule has 1 heterocycles. The summed E-state index contributed by atoms with van der Waals surface area (Å²) in [6.07, 6.45) is -0.423. The largest absolute Gasteiger partial charge is 0.444 e. The first-order chi connectivity index (χ1) is 9.35. The maximum absolute atomic E-state index is 11.7. The van der Waals surface area contributed by atoms with Crippen molar-refractivity contribution in [1.82, 2.24) is 15.5 Å². The van der Waals surface area contributed by atoms with Crippen molar-refractivity contribution in [2.75, 3.05) is 0 Å². The number of ether oxygens (including phenoxy) is 1. The summed E-state index contributed by atoms with van der Waals surface area (Å²) in [4.78, 5) is 11.7. The van der Waals surface area contributed by atoms with Crippen molar-refractivity contribution in [2.24, 2.45) is 0 Å². The van der Waals surface area contributed by atoms with E-state index in [0.29, 0.717) is 6.54 Å². The minimum Gasteiger partial charge on any atom is -0.444 e. The first-order valence-electron chi connectivity index (χ1n) is 6.54. The molecule has 0 aliphatic heterocycles. The first kappa shape index (κ1) is 14.2. The van der Waals surface area contributed by atoms with Crippen LogP contribution in [0.2, 0.25) is 0 Å². The molecule has 0 unspecified atom stereocenters. The molecule has 0 bridgehead atoms. The average Bonchev–Trinajstić information content (AvgIpc) is 2.34. The smallest absolute Gasteiger partial charge is 0.407 e. The maximum atomic E-state index is 11.7. The van der Waals surface area contributed by atoms with E-state index < -0.39 is 11.7 Å². The third-order valence-electron chi connectivity index (χ3n) is 2.66. The lowest BCUT2D eigenvalue weighted by Gasteiger charge is -2.19. The molecule has 0 saturated heterocycles. The number of fused-ring (bicyclic) bond motifs is 1. The molecular formula is C15H19N3O2. The predicted molar refractivity (Wildman–Crippen MR) is 77.3 cm³/mol. The molecule has 0 fully saturated rings. The zero-order chi connectivity index (χ0) is 14.8. The van der Waals surface area contributed by atoms with Crippen LogP contribution in [0.1, 0.15) is 32.0 Å². The van der Waals surface area contributed by atoms with Crippen LogP contribution < -0.4 is 5.32 Å². The van der Waals surface area contributed by atoms with Crippen molar-refractivity contribution < 1.29 is 9.53 Å². The zero-order valence-corrected chi connectivity index (χ0v) is 12.2. The summed E-state index contributed by atoms with van der Waals surface area (Å²) in [5.41, 5.74) is 2.16. The maximum Gasteiger partial charge on any atom is 0.407 e. The Balaban J connectivity index is 2.14. The minimum absolute atomic E-state index is 0.400. The third-order valence-corrected chi connectivity index (χ3v) is 2.66. The molecule has 0 radical (unpaired) electrons. The summed E-state index contributed by atoms with van der Waals surface area (Å²) in [6.45, 7) is 7.80. The van der Waals surface area contributed by atoms with Crippen LogP contribution in [0.3, 0.4) is 0 Å². The highest BCUT2D eigenvalue weighted by atomic mass is 16.6. The second-order valence-corrected chi connectivity index (χ2v) is 5.69. The molecule has 1 aromatic carbocycles. The Labute approximate surface area is 118 Å². The number of benzene rings is 1. The number of carbonyl (C=O) groups is 1. The van der Waals surface area contributed by atoms with Gasteiger partial charge in [0.1, 0.15) is 5.60 Å². The fraction of sp³-hybridized carbons (Fsp3) is 0.400. The molecule has 5 heteroatoms. The standard InChI is InChI=1S/C15H19N3O2/c1-10-8-12-11(6-5-7-13(12)18-17-10)9-16-14(19)20-15(2,3)4/h5-8H,9H2,1-4H3,(H,16,19). The van der Waals surface area contributed by atoms with E-state index in [4.69, 9.17) is 4.74 Å². The van der Waals surface area contributed by atoms with Gasteiger partial charge in [0, 0.05) is 11.9 Å². The van der Waals surface area contributed by atoms with E-state index in [9.17, 15) is 4.79 Å². The average molecular weight is 273 g/mol. The molecule has 0 spiro atoms. The molecule has 5 nitrogen and oxygen atoms in total. The summed E-state index contributed by atoms with van der Waals surface area (Å²) in [5, 5.41) is 11.9. The number of rotatable bonds is 2. The van der Waals surface area contributed by atoms with E-state index in [1.54, 1.807) is 0 Å². The second-order valence-electron chi connectivity index (χ2n) is 5.69. The zero-order valence-electron chi connectivity index (χ0n) is 12.2. The van der Waals surface area contributed by atoms with Crippen LogP contribution in [0, 0.1) is 6.92 Å². The predicted octanol–water partition coefficient (Wildman–Crippen LogP) is 2.96. The summed E-state index contributed by atoms with van der Waals surface area (Å²) in [6, 6.07) is 7.73. The summed E-state index contributed by atoms with van der Waals surface area (Å²) >= 11 is 0. The van der Waals surface area contributed by atoms with Crippen LogP contribution in [0.4, 0.5) is 4.79 Å². The normalized spacial score (nSPS) is 11.4. The molecule has 1 N–H and O–H groups in total. The highest BCUT2D eigenvalue weighted by molar-refractivity contribution is 5.82. The van der Waals surface area contributed by atoms with Crippen molar-refractivity contribution in [2.45, 2.75) is 39.8 Å². The van der Waals surface area contributed by atoms with E-state index in [1.807, 2.05) is 52.0 Å². The van der Waals surface area contributed by atoms with E-state index in [-0.39, 0.29) is 0 Å². The van der Waals surface area contributed by atoms with Crippen molar-refractivity contribution in [1.29, 1.82) is 0 Å². The van der Waals surface area contributed by atoms with Gasteiger partial charge in [0.25, 0.3) is 0 Å². The summed E-state index contributed by atoms with van der Waals surface area (Å²) in [7, 11) is 0. The molecule has 0 atom stereocenters. The molecule has 1 amide bonds. The summed E-state index contributed by atoms with van der Waals surface area (Å²) < 4.78 is 5.22. The SMILES string of the molecule is Cc1cc2c(CNC(=O)OC(C)(C)C)cccc2nn1. The van der Waals surface area contributed by atoms with Crippen LogP contribution in [0.15, 0.2) is 24.3 Å². The number of aromatic nitrogens is 2. The van der Waals surface area contributed by atoms with E-state index in [1.165, 1.54) is 0 Å². The molecule has 2 rings (SSSR count). The molecule has 0 aliphatic carbocycles. The Morgan fingerprint density at radius 1 is 1.30 bits per heavy atom. The van der Waals surface area contributed by atoms with Crippen LogP contribution in [-0.2, 0) is 11.3 Å². The van der Waals surface area contributed by atoms with Gasteiger partial charge in [0.05, 0.1) is 11.2 Å². The third kappa shape index (κ3) is 3.66. The summed E-state index contributed by atoms with van der Waals surface area (Å²) in [5.74, 6) is 0. The van der Waals surface area contributed by atoms with Gasteiger partial charge in [-0.1, -0.05) is 12.1 Å². The number of alkyl carbamates (subject to hydrolysis) is 1. The number of nitrogens with zero attached hydrogens (tertiary/aromatic N) is 2. The quantitative estimate of drug-likeness (QED) is 0.913. The van der Waals surface area contributed by atoms with Gasteiger partial charge in [-0.25, -0.2) is 4.79 Å². The Kier molecular flexibility index (Phi) is 3.88. The lowest BCUT2D eigenvalue weighted by Crippen LogP contribution is -2.32. The Morgan fingerprint density at radius 2 is 2.05 bits per heavy atom. The second kappa shape index (κ2) is 5.45. The monoisotopic (exact) mass is 273 g/mol. The van der Waals surface area contributed by atoms with E-state index in [0.717, 1.165) is 22.2 Å². The molecule has 106 valence electrons. The van der Waals surface area contributed by atoms with Gasteiger partial charge in [-0.15, -0.1) is 0 Å². The Hall–Kier alpha value is -2.17. The van der Waals surface area contributed by atoms with E-state index >= 15 is 0 Å². The van der Waals surface area contributed by atoms with Gasteiger partial charge in [-0.05, 0) is 45.4 Å². The van der Waals surface area contributed by atoms with Crippen molar-refractivity contribution in [3.63, 3.8) is 0 Å². The number of nitrogens with one attached hydrogen (secondary N) is 1. The number of amides is 1. The molecule has 2 aromatic rings. The van der Waals surface area contributed by atoms with Crippen LogP contribution in [0.25, 0.3) is 10.9 Å². The fourth-order valence-corrected chi connectivity index (χ4v) is 1.86. The first-order valence-corrected chi connectivity index (χ1v) is 6.54. The number of carbonyl (C=O) groups excluding carboxylic acids is 1.